The lowest BCUT2D eigenvalue weighted by atomic mass is 9.94. The summed E-state index contributed by atoms with van der Waals surface area (Å²) in [5.74, 6) is 1.80. The van der Waals surface area contributed by atoms with Crippen molar-refractivity contribution in [3.63, 3.8) is 0 Å². The standard InChI is InChI=1S/C27H25ClN4O3/c1-26(2,3)32-13-19(16-4-7-18(28)8-5-16)22-23(29-14-30-24(22)32)31-25(33)27(10-11-27)17-6-9-20-21(12-17)35-15-34-20/h4-9,12-14H,10-11,15H2,1-3H3,(H,29,30,31,33). The van der Waals surface area contributed by atoms with Crippen molar-refractivity contribution >= 4 is 34.4 Å². The van der Waals surface area contributed by atoms with E-state index in [2.05, 4.69) is 46.8 Å². The van der Waals surface area contributed by atoms with Crippen molar-refractivity contribution in [2.75, 3.05) is 12.1 Å². The van der Waals surface area contributed by atoms with E-state index in [1.807, 2.05) is 42.5 Å². The number of hydrogen-bond donors (Lipinski definition) is 1. The van der Waals surface area contributed by atoms with E-state index in [0.29, 0.717) is 22.3 Å². The van der Waals surface area contributed by atoms with Gasteiger partial charge >= 0.3 is 0 Å². The highest BCUT2D eigenvalue weighted by atomic mass is 35.5. The number of ether oxygens (including phenoxy) is 2. The Morgan fingerprint density at radius 3 is 2.51 bits per heavy atom. The first-order valence-corrected chi connectivity index (χ1v) is 12.0. The first-order chi connectivity index (χ1) is 16.8. The summed E-state index contributed by atoms with van der Waals surface area (Å²) in [5.41, 5.74) is 2.78. The lowest BCUT2D eigenvalue weighted by Crippen LogP contribution is -2.28. The van der Waals surface area contributed by atoms with Gasteiger partial charge in [0.15, 0.2) is 11.5 Å². The fourth-order valence-corrected chi connectivity index (χ4v) is 4.84. The van der Waals surface area contributed by atoms with Crippen molar-refractivity contribution in [3.05, 3.63) is 65.6 Å². The molecule has 1 aliphatic heterocycles. The number of nitrogens with zero attached hydrogens (tertiary/aromatic N) is 3. The number of carbonyl (C=O) groups excluding carboxylic acids is 1. The van der Waals surface area contributed by atoms with Crippen LogP contribution in [0, 0.1) is 0 Å². The lowest BCUT2D eigenvalue weighted by Gasteiger charge is -2.22. The van der Waals surface area contributed by atoms with Gasteiger partial charge in [-0.15, -0.1) is 0 Å². The van der Waals surface area contributed by atoms with Gasteiger partial charge in [0.25, 0.3) is 0 Å². The number of halogens is 1. The van der Waals surface area contributed by atoms with E-state index >= 15 is 0 Å². The highest BCUT2D eigenvalue weighted by Gasteiger charge is 2.52. The van der Waals surface area contributed by atoms with Crippen molar-refractivity contribution in [3.8, 4) is 22.6 Å². The van der Waals surface area contributed by atoms with Crippen molar-refractivity contribution in [1.82, 2.24) is 14.5 Å². The predicted octanol–water partition coefficient (Wildman–Crippen LogP) is 5.91. The van der Waals surface area contributed by atoms with Gasteiger partial charge in [0.2, 0.25) is 12.7 Å². The molecule has 2 aromatic carbocycles. The van der Waals surface area contributed by atoms with Crippen molar-refractivity contribution in [2.45, 2.75) is 44.6 Å². The van der Waals surface area contributed by atoms with Gasteiger partial charge in [0, 0.05) is 22.3 Å². The van der Waals surface area contributed by atoms with Gasteiger partial charge in [-0.1, -0.05) is 29.8 Å². The number of aromatic nitrogens is 3. The van der Waals surface area contributed by atoms with E-state index < -0.39 is 5.41 Å². The topological polar surface area (TPSA) is 78.3 Å². The van der Waals surface area contributed by atoms with Crippen LogP contribution in [-0.2, 0) is 15.7 Å². The molecule has 8 heteroatoms. The van der Waals surface area contributed by atoms with Crippen molar-refractivity contribution in [2.24, 2.45) is 0 Å². The van der Waals surface area contributed by atoms with Crippen molar-refractivity contribution < 1.29 is 14.3 Å². The highest BCUT2D eigenvalue weighted by molar-refractivity contribution is 6.30. The van der Waals surface area contributed by atoms with E-state index in [1.54, 1.807) is 0 Å². The molecule has 1 saturated carbocycles. The summed E-state index contributed by atoms with van der Waals surface area (Å²) in [6, 6.07) is 13.4. The third-order valence-corrected chi connectivity index (χ3v) is 7.05. The van der Waals surface area contributed by atoms with Gasteiger partial charge < -0.3 is 19.4 Å². The van der Waals surface area contributed by atoms with Gasteiger partial charge in [-0.05, 0) is 69.0 Å². The molecule has 0 spiro atoms. The molecule has 2 aromatic heterocycles. The maximum absolute atomic E-state index is 13.7. The predicted molar refractivity (Wildman–Crippen MR) is 135 cm³/mol. The summed E-state index contributed by atoms with van der Waals surface area (Å²) in [5, 5.41) is 4.61. The minimum Gasteiger partial charge on any atom is -0.454 e. The van der Waals surface area contributed by atoms with Crippen LogP contribution in [0.25, 0.3) is 22.2 Å². The number of fused-ring (bicyclic) bond motifs is 2. The summed E-state index contributed by atoms with van der Waals surface area (Å²) in [4.78, 5) is 22.8. The fourth-order valence-electron chi connectivity index (χ4n) is 4.71. The minimum atomic E-state index is -0.606. The number of benzene rings is 2. The maximum atomic E-state index is 13.7. The Kier molecular flexibility index (Phi) is 4.83. The Balaban J connectivity index is 1.43. The molecule has 1 amide bonds. The first-order valence-electron chi connectivity index (χ1n) is 11.6. The molecule has 0 unspecified atom stereocenters. The van der Waals surface area contributed by atoms with Crippen LogP contribution in [0.1, 0.15) is 39.2 Å². The number of amides is 1. The summed E-state index contributed by atoms with van der Waals surface area (Å²) in [7, 11) is 0. The molecule has 7 nitrogen and oxygen atoms in total. The molecular weight excluding hydrogens is 464 g/mol. The molecule has 0 bridgehead atoms. The molecule has 2 aliphatic rings. The Morgan fingerprint density at radius 1 is 1.06 bits per heavy atom. The Bertz CT molecular complexity index is 1470. The zero-order valence-corrected chi connectivity index (χ0v) is 20.5. The van der Waals surface area contributed by atoms with E-state index in [4.69, 9.17) is 21.1 Å². The molecule has 0 radical (unpaired) electrons. The van der Waals surface area contributed by atoms with Crippen LogP contribution in [0.3, 0.4) is 0 Å². The van der Waals surface area contributed by atoms with E-state index in [9.17, 15) is 4.79 Å². The number of nitrogens with one attached hydrogen (secondary N) is 1. The Morgan fingerprint density at radius 2 is 1.80 bits per heavy atom. The normalized spacial score (nSPS) is 15.9. The summed E-state index contributed by atoms with van der Waals surface area (Å²) in [6.45, 7) is 6.57. The average Bonchev–Trinajstić information content (AvgIpc) is 3.33. The smallest absolute Gasteiger partial charge is 0.236 e. The van der Waals surface area contributed by atoms with E-state index in [-0.39, 0.29) is 18.2 Å². The molecular formula is C27H25ClN4O3. The zero-order valence-electron chi connectivity index (χ0n) is 19.8. The number of hydrogen-bond acceptors (Lipinski definition) is 5. The van der Waals surface area contributed by atoms with Crippen LogP contribution in [0.5, 0.6) is 11.5 Å². The molecule has 178 valence electrons. The molecule has 0 saturated heterocycles. The van der Waals surface area contributed by atoms with Crippen LogP contribution in [0.15, 0.2) is 55.0 Å². The van der Waals surface area contributed by atoms with Crippen molar-refractivity contribution in [1.29, 1.82) is 0 Å². The SMILES string of the molecule is CC(C)(C)n1cc(-c2ccc(Cl)cc2)c2c(NC(=O)C3(c4ccc5c(c4)OCO5)CC3)ncnc21. The highest BCUT2D eigenvalue weighted by Crippen LogP contribution is 2.51. The van der Waals surface area contributed by atoms with Crippen LogP contribution >= 0.6 is 11.6 Å². The van der Waals surface area contributed by atoms with Crippen LogP contribution in [-0.4, -0.2) is 27.2 Å². The Labute approximate surface area is 208 Å². The van der Waals surface area contributed by atoms with Gasteiger partial charge in [0.05, 0.1) is 10.8 Å². The van der Waals surface area contributed by atoms with Crippen LogP contribution < -0.4 is 14.8 Å². The minimum absolute atomic E-state index is 0.0815. The van der Waals surface area contributed by atoms with Gasteiger partial charge in [0.1, 0.15) is 17.8 Å². The lowest BCUT2D eigenvalue weighted by molar-refractivity contribution is -0.118. The van der Waals surface area contributed by atoms with E-state index in [1.165, 1.54) is 6.33 Å². The Hall–Kier alpha value is -3.58. The van der Waals surface area contributed by atoms with Crippen LogP contribution in [0.2, 0.25) is 5.02 Å². The third kappa shape index (κ3) is 3.62. The average molecular weight is 489 g/mol. The summed E-state index contributed by atoms with van der Waals surface area (Å²) < 4.78 is 13.1. The molecule has 4 aromatic rings. The first kappa shape index (κ1) is 21.9. The molecule has 1 N–H and O–H groups in total. The monoisotopic (exact) mass is 488 g/mol. The number of rotatable bonds is 4. The third-order valence-electron chi connectivity index (χ3n) is 6.80. The quantitative estimate of drug-likeness (QED) is 0.386. The second kappa shape index (κ2) is 7.71. The molecule has 6 rings (SSSR count). The molecule has 1 aliphatic carbocycles. The summed E-state index contributed by atoms with van der Waals surface area (Å²) in [6.07, 6.45) is 5.11. The fraction of sp³-hybridized carbons (Fsp3) is 0.296. The maximum Gasteiger partial charge on any atom is 0.236 e. The molecule has 1 fully saturated rings. The van der Waals surface area contributed by atoms with E-state index in [0.717, 1.165) is 40.6 Å². The molecule has 35 heavy (non-hydrogen) atoms. The van der Waals surface area contributed by atoms with Gasteiger partial charge in [-0.2, -0.15) is 0 Å². The molecule has 0 atom stereocenters. The second-order valence-electron chi connectivity index (χ2n) is 10.1. The zero-order chi connectivity index (χ0) is 24.4. The number of carbonyl (C=O) groups is 1. The van der Waals surface area contributed by atoms with Gasteiger partial charge in [-0.3, -0.25) is 4.79 Å². The second-order valence-corrected chi connectivity index (χ2v) is 10.6. The van der Waals surface area contributed by atoms with Crippen LogP contribution in [0.4, 0.5) is 5.82 Å². The van der Waals surface area contributed by atoms with Gasteiger partial charge in [-0.25, -0.2) is 9.97 Å². The number of anilines is 1. The largest absolute Gasteiger partial charge is 0.454 e. The summed E-state index contributed by atoms with van der Waals surface area (Å²) >= 11 is 6.14. The molecule has 3 heterocycles.